The summed E-state index contributed by atoms with van der Waals surface area (Å²) in [6, 6.07) is 11.9. The van der Waals surface area contributed by atoms with Gasteiger partial charge in [-0.25, -0.2) is 9.59 Å². The summed E-state index contributed by atoms with van der Waals surface area (Å²) >= 11 is 1.34. The van der Waals surface area contributed by atoms with Gasteiger partial charge in [0.1, 0.15) is 29.2 Å². The molecular weight excluding hydrogens is 446 g/mol. The topological polar surface area (TPSA) is 139 Å². The Labute approximate surface area is 194 Å². The summed E-state index contributed by atoms with van der Waals surface area (Å²) in [6.07, 6.45) is 0. The van der Waals surface area contributed by atoms with Crippen LogP contribution in [0.1, 0.15) is 35.8 Å². The standard InChI is InChI=1S/C23H23N3O6S/c1-23(2)17(21(29)30)26-19(28)16(20(26)33-23)25-18(27)15(24)12-8-10-14(11-9-12)32-22(31)13-6-4-3-5-7-13/h3-11,15-17,20H,24H2,1-2H3,(H,25,27)(H,29,30)/t15?,16-,17+,20-/m1/s1. The number of esters is 1. The number of carboxylic acid groups (broad SMARTS) is 1. The van der Waals surface area contributed by atoms with Crippen molar-refractivity contribution in [2.75, 3.05) is 0 Å². The van der Waals surface area contributed by atoms with Crippen LogP contribution in [0.2, 0.25) is 0 Å². The minimum Gasteiger partial charge on any atom is -0.480 e. The second-order valence-corrected chi connectivity index (χ2v) is 10.2. The highest BCUT2D eigenvalue weighted by atomic mass is 32.2. The smallest absolute Gasteiger partial charge is 0.343 e. The van der Waals surface area contributed by atoms with E-state index in [4.69, 9.17) is 10.5 Å². The van der Waals surface area contributed by atoms with Crippen molar-refractivity contribution < 1.29 is 29.0 Å². The van der Waals surface area contributed by atoms with Crippen LogP contribution in [0.25, 0.3) is 0 Å². The van der Waals surface area contributed by atoms with Gasteiger partial charge in [-0.2, -0.15) is 0 Å². The number of hydrogen-bond acceptors (Lipinski definition) is 7. The van der Waals surface area contributed by atoms with Gasteiger partial charge < -0.3 is 25.8 Å². The fourth-order valence-electron chi connectivity index (χ4n) is 4.02. The molecule has 33 heavy (non-hydrogen) atoms. The number of nitrogens with two attached hydrogens (primary N) is 1. The molecule has 0 radical (unpaired) electrons. The Morgan fingerprint density at radius 2 is 1.76 bits per heavy atom. The molecule has 4 atom stereocenters. The number of nitrogens with one attached hydrogen (secondary N) is 1. The van der Waals surface area contributed by atoms with E-state index in [0.717, 1.165) is 0 Å². The van der Waals surface area contributed by atoms with Crippen LogP contribution in [0.15, 0.2) is 54.6 Å². The molecule has 172 valence electrons. The molecule has 2 aliphatic rings. The van der Waals surface area contributed by atoms with E-state index in [-0.39, 0.29) is 0 Å². The SMILES string of the molecule is CC1(C)S[C@@H]2[C@H](NC(=O)C(N)c3ccc(OC(=O)c4ccccc4)cc3)C(=O)N2[C@H]1C(=O)O. The average Bonchev–Trinajstić information content (AvgIpc) is 3.05. The lowest BCUT2D eigenvalue weighted by Crippen LogP contribution is -2.71. The van der Waals surface area contributed by atoms with Crippen molar-refractivity contribution in [1.29, 1.82) is 0 Å². The maximum atomic E-state index is 12.7. The first-order chi connectivity index (χ1) is 15.6. The molecule has 0 aromatic heterocycles. The van der Waals surface area contributed by atoms with E-state index in [1.165, 1.54) is 28.8 Å². The molecule has 0 aliphatic carbocycles. The van der Waals surface area contributed by atoms with Gasteiger partial charge in [0.15, 0.2) is 0 Å². The lowest BCUT2D eigenvalue weighted by molar-refractivity contribution is -0.161. The number of rotatable bonds is 6. The van der Waals surface area contributed by atoms with E-state index < -0.39 is 52.0 Å². The Bertz CT molecular complexity index is 1100. The first-order valence-electron chi connectivity index (χ1n) is 10.3. The highest BCUT2D eigenvalue weighted by Gasteiger charge is 2.64. The second-order valence-electron chi connectivity index (χ2n) is 8.39. The number of thioether (sulfide) groups is 1. The molecule has 9 nitrogen and oxygen atoms in total. The lowest BCUT2D eigenvalue weighted by atomic mass is 9.95. The maximum absolute atomic E-state index is 12.7. The first-order valence-corrected chi connectivity index (χ1v) is 11.1. The first kappa shape index (κ1) is 22.8. The van der Waals surface area contributed by atoms with Gasteiger partial charge in [-0.15, -0.1) is 11.8 Å². The number of fused-ring (bicyclic) bond motifs is 1. The molecule has 0 bridgehead atoms. The molecule has 0 saturated carbocycles. The largest absolute Gasteiger partial charge is 0.480 e. The molecule has 4 N–H and O–H groups in total. The molecule has 2 fully saturated rings. The van der Waals surface area contributed by atoms with E-state index in [9.17, 15) is 24.3 Å². The predicted molar refractivity (Wildman–Crippen MR) is 120 cm³/mol. The van der Waals surface area contributed by atoms with Crippen LogP contribution in [-0.2, 0) is 14.4 Å². The van der Waals surface area contributed by atoms with Crippen molar-refractivity contribution in [2.45, 2.75) is 42.1 Å². The van der Waals surface area contributed by atoms with E-state index in [2.05, 4.69) is 5.32 Å². The number of amides is 2. The number of benzene rings is 2. The van der Waals surface area contributed by atoms with Crippen molar-refractivity contribution in [3.63, 3.8) is 0 Å². The maximum Gasteiger partial charge on any atom is 0.343 e. The lowest BCUT2D eigenvalue weighted by Gasteiger charge is -2.43. The molecule has 2 heterocycles. The summed E-state index contributed by atoms with van der Waals surface area (Å²) in [5, 5.41) is 11.7. The van der Waals surface area contributed by atoms with Gasteiger partial charge in [-0.3, -0.25) is 9.59 Å². The monoisotopic (exact) mass is 469 g/mol. The third-order valence-corrected chi connectivity index (χ3v) is 7.29. The van der Waals surface area contributed by atoms with Crippen LogP contribution in [0, 0.1) is 0 Å². The van der Waals surface area contributed by atoms with Crippen LogP contribution in [-0.4, -0.2) is 56.0 Å². The Kier molecular flexibility index (Phi) is 5.89. The van der Waals surface area contributed by atoms with E-state index in [1.807, 2.05) is 0 Å². The molecule has 0 spiro atoms. The third-order valence-electron chi connectivity index (χ3n) is 5.71. The molecule has 1 unspecified atom stereocenters. The van der Waals surface area contributed by atoms with E-state index in [1.54, 1.807) is 56.3 Å². The van der Waals surface area contributed by atoms with Crippen LogP contribution >= 0.6 is 11.8 Å². The number of carbonyl (C=O) groups excluding carboxylic acids is 3. The summed E-state index contributed by atoms with van der Waals surface area (Å²) in [6.45, 7) is 3.53. The summed E-state index contributed by atoms with van der Waals surface area (Å²) < 4.78 is 4.64. The summed E-state index contributed by atoms with van der Waals surface area (Å²) in [4.78, 5) is 50.3. The summed E-state index contributed by atoms with van der Waals surface area (Å²) in [5.41, 5.74) is 6.96. The highest BCUT2D eigenvalue weighted by molar-refractivity contribution is 8.01. The van der Waals surface area contributed by atoms with Gasteiger partial charge >= 0.3 is 11.9 Å². The Morgan fingerprint density at radius 1 is 1.12 bits per heavy atom. The number of ether oxygens (including phenoxy) is 1. The van der Waals surface area contributed by atoms with Crippen molar-refractivity contribution in [3.8, 4) is 5.75 Å². The van der Waals surface area contributed by atoms with Crippen molar-refractivity contribution in [3.05, 3.63) is 65.7 Å². The number of hydrogen-bond donors (Lipinski definition) is 3. The fourth-order valence-corrected chi connectivity index (χ4v) is 5.65. The second kappa shape index (κ2) is 8.53. The molecule has 2 saturated heterocycles. The zero-order valence-corrected chi connectivity index (χ0v) is 18.7. The van der Waals surface area contributed by atoms with Crippen LogP contribution in [0.3, 0.4) is 0 Å². The Morgan fingerprint density at radius 3 is 2.36 bits per heavy atom. The normalized spacial score (nSPS) is 23.8. The van der Waals surface area contributed by atoms with E-state index >= 15 is 0 Å². The number of carboxylic acids is 1. The molecule has 4 rings (SSSR count). The van der Waals surface area contributed by atoms with Crippen LogP contribution in [0.4, 0.5) is 0 Å². The number of carbonyl (C=O) groups is 4. The number of nitrogens with zero attached hydrogens (tertiary/aromatic N) is 1. The quantitative estimate of drug-likeness (QED) is 0.329. The molecule has 2 aliphatic heterocycles. The van der Waals surface area contributed by atoms with Gasteiger partial charge in [0.25, 0.3) is 0 Å². The van der Waals surface area contributed by atoms with Crippen LogP contribution < -0.4 is 15.8 Å². The Balaban J connectivity index is 1.37. The van der Waals surface area contributed by atoms with Crippen molar-refractivity contribution in [2.24, 2.45) is 5.73 Å². The highest BCUT2D eigenvalue weighted by Crippen LogP contribution is 2.50. The molecular formula is C23H23N3O6S. The van der Waals surface area contributed by atoms with E-state index in [0.29, 0.717) is 16.9 Å². The number of aliphatic carboxylic acids is 1. The zero-order chi connectivity index (χ0) is 23.9. The molecule has 2 aromatic carbocycles. The molecule has 10 heteroatoms. The van der Waals surface area contributed by atoms with Gasteiger partial charge in [-0.1, -0.05) is 30.3 Å². The third kappa shape index (κ3) is 4.19. The predicted octanol–water partition coefficient (Wildman–Crippen LogP) is 1.54. The fraction of sp³-hybridized carbons (Fsp3) is 0.304. The minimum atomic E-state index is -1.07. The van der Waals surface area contributed by atoms with Gasteiger partial charge in [-0.05, 0) is 43.7 Å². The average molecular weight is 470 g/mol. The van der Waals surface area contributed by atoms with Crippen LogP contribution in [0.5, 0.6) is 5.75 Å². The van der Waals surface area contributed by atoms with Gasteiger partial charge in [0, 0.05) is 4.75 Å². The number of β-lactam (4-membered cyclic amide) rings is 1. The van der Waals surface area contributed by atoms with Gasteiger partial charge in [0.2, 0.25) is 11.8 Å². The van der Waals surface area contributed by atoms with Crippen molar-refractivity contribution >= 4 is 35.5 Å². The Hall–Kier alpha value is -3.37. The van der Waals surface area contributed by atoms with Crippen molar-refractivity contribution in [1.82, 2.24) is 10.2 Å². The summed E-state index contributed by atoms with van der Waals surface area (Å²) in [7, 11) is 0. The minimum absolute atomic E-state index is 0.300. The molecule has 2 amide bonds. The van der Waals surface area contributed by atoms with Gasteiger partial charge in [0.05, 0.1) is 5.56 Å². The molecule has 2 aromatic rings. The summed E-state index contributed by atoms with van der Waals surface area (Å²) in [5.74, 6) is -2.27. The zero-order valence-electron chi connectivity index (χ0n) is 17.9.